The Kier molecular flexibility index (Phi) is 2.82. The molecular formula is C9H6N2O3. The fraction of sp³-hybridized carbons (Fsp3) is 0. The molecule has 1 N–H and O–H groups in total. The lowest BCUT2D eigenvalue weighted by Gasteiger charge is -1.97. The second-order valence-corrected chi connectivity index (χ2v) is 2.40. The molecule has 0 spiro atoms. The van der Waals surface area contributed by atoms with Crippen molar-refractivity contribution < 1.29 is 9.72 Å². The van der Waals surface area contributed by atoms with Crippen LogP contribution in [0, 0.1) is 22.6 Å². The molecule has 14 heavy (non-hydrogen) atoms. The molecule has 0 radical (unpaired) electrons. The Labute approximate surface area is 79.9 Å². The molecule has 5 heteroatoms. The van der Waals surface area contributed by atoms with Gasteiger partial charge < -0.3 is 0 Å². The van der Waals surface area contributed by atoms with Crippen LogP contribution in [0.1, 0.15) is 10.4 Å². The third kappa shape index (κ3) is 2.08. The SMILES string of the molecule is C#CNC(=O)c1ccc([N+](=O)[O-])cc1. The Bertz CT molecular complexity index is 403. The number of nitrogens with one attached hydrogen (secondary N) is 1. The van der Waals surface area contributed by atoms with Gasteiger partial charge in [-0.3, -0.25) is 20.2 Å². The van der Waals surface area contributed by atoms with Crippen LogP contribution in [0.4, 0.5) is 5.69 Å². The number of non-ortho nitro benzene ring substituents is 1. The summed E-state index contributed by atoms with van der Waals surface area (Å²) >= 11 is 0. The first kappa shape index (κ1) is 9.74. The monoisotopic (exact) mass is 190 g/mol. The maximum absolute atomic E-state index is 11.1. The molecule has 0 aliphatic heterocycles. The molecule has 1 aromatic rings. The fourth-order valence-electron chi connectivity index (χ4n) is 0.872. The lowest BCUT2D eigenvalue weighted by molar-refractivity contribution is -0.384. The predicted octanol–water partition coefficient (Wildman–Crippen LogP) is 0.915. The van der Waals surface area contributed by atoms with Crippen LogP contribution in [0.3, 0.4) is 0 Å². The number of hydrogen-bond acceptors (Lipinski definition) is 3. The van der Waals surface area contributed by atoms with Crippen molar-refractivity contribution in [2.24, 2.45) is 0 Å². The van der Waals surface area contributed by atoms with Gasteiger partial charge in [-0.1, -0.05) is 6.42 Å². The lowest BCUT2D eigenvalue weighted by Crippen LogP contribution is -2.16. The highest BCUT2D eigenvalue weighted by atomic mass is 16.6. The van der Waals surface area contributed by atoms with Crippen molar-refractivity contribution in [2.45, 2.75) is 0 Å². The number of amides is 1. The zero-order valence-corrected chi connectivity index (χ0v) is 7.06. The van der Waals surface area contributed by atoms with Gasteiger partial charge in [0.25, 0.3) is 11.6 Å². The number of rotatable bonds is 2. The molecule has 5 nitrogen and oxygen atoms in total. The zero-order chi connectivity index (χ0) is 10.6. The Balaban J connectivity index is 2.89. The van der Waals surface area contributed by atoms with Crippen LogP contribution in [0.25, 0.3) is 0 Å². The van der Waals surface area contributed by atoms with Gasteiger partial charge in [-0.15, -0.1) is 0 Å². The number of terminal acetylenes is 1. The third-order valence-corrected chi connectivity index (χ3v) is 1.53. The molecule has 0 saturated carbocycles. The summed E-state index contributed by atoms with van der Waals surface area (Å²) in [6.07, 6.45) is 4.85. The van der Waals surface area contributed by atoms with Gasteiger partial charge in [-0.05, 0) is 12.1 Å². The quantitative estimate of drug-likeness (QED) is 0.326. The van der Waals surface area contributed by atoms with Gasteiger partial charge in [0.05, 0.1) is 4.92 Å². The molecule has 0 heterocycles. The second kappa shape index (κ2) is 4.05. The highest BCUT2D eigenvalue weighted by Crippen LogP contribution is 2.11. The predicted molar refractivity (Wildman–Crippen MR) is 49.4 cm³/mol. The van der Waals surface area contributed by atoms with Crippen molar-refractivity contribution in [2.75, 3.05) is 0 Å². The molecule has 0 aromatic heterocycles. The van der Waals surface area contributed by atoms with E-state index in [0.717, 1.165) is 0 Å². The van der Waals surface area contributed by atoms with Crippen molar-refractivity contribution in [3.05, 3.63) is 39.9 Å². The van der Waals surface area contributed by atoms with Crippen molar-refractivity contribution in [3.63, 3.8) is 0 Å². The molecule has 0 atom stereocenters. The normalized spacial score (nSPS) is 8.79. The van der Waals surface area contributed by atoms with Gasteiger partial charge in [-0.25, -0.2) is 0 Å². The standard InChI is InChI=1S/C9H6N2O3/c1-2-10-9(12)7-3-5-8(6-4-7)11(13)14/h1,3-6H,(H,10,12). The first-order valence-corrected chi connectivity index (χ1v) is 3.65. The van der Waals surface area contributed by atoms with Crippen LogP contribution in [-0.4, -0.2) is 10.8 Å². The topological polar surface area (TPSA) is 72.2 Å². The summed E-state index contributed by atoms with van der Waals surface area (Å²) in [4.78, 5) is 20.8. The number of nitro groups is 1. The summed E-state index contributed by atoms with van der Waals surface area (Å²) in [5.41, 5.74) is 0.218. The van der Waals surface area contributed by atoms with Gasteiger partial charge in [-0.2, -0.15) is 0 Å². The van der Waals surface area contributed by atoms with E-state index < -0.39 is 10.8 Å². The van der Waals surface area contributed by atoms with Gasteiger partial charge in [0, 0.05) is 23.7 Å². The Hall–Kier alpha value is -2.35. The number of carbonyl (C=O) groups excluding carboxylic acids is 1. The average molecular weight is 190 g/mol. The summed E-state index contributed by atoms with van der Waals surface area (Å²) in [6.45, 7) is 0. The molecule has 70 valence electrons. The third-order valence-electron chi connectivity index (χ3n) is 1.53. The lowest BCUT2D eigenvalue weighted by atomic mass is 10.2. The molecule has 0 unspecified atom stereocenters. The van der Waals surface area contributed by atoms with Crippen LogP contribution in [0.15, 0.2) is 24.3 Å². The van der Waals surface area contributed by atoms with Crippen LogP contribution >= 0.6 is 0 Å². The van der Waals surface area contributed by atoms with E-state index in [-0.39, 0.29) is 11.3 Å². The van der Waals surface area contributed by atoms with Crippen molar-refractivity contribution in [3.8, 4) is 12.5 Å². The summed E-state index contributed by atoms with van der Waals surface area (Å²) in [7, 11) is 0. The van der Waals surface area contributed by atoms with E-state index in [1.807, 2.05) is 6.04 Å². The molecule has 1 aromatic carbocycles. The molecule has 0 aliphatic carbocycles. The Morgan fingerprint density at radius 2 is 2.00 bits per heavy atom. The molecule has 0 fully saturated rings. The van der Waals surface area contributed by atoms with Crippen LogP contribution in [0.2, 0.25) is 0 Å². The summed E-state index contributed by atoms with van der Waals surface area (Å²) in [5.74, 6) is -0.456. The van der Waals surface area contributed by atoms with Crippen LogP contribution in [-0.2, 0) is 0 Å². The van der Waals surface area contributed by atoms with E-state index in [1.165, 1.54) is 24.3 Å². The Morgan fingerprint density at radius 3 is 2.43 bits per heavy atom. The smallest absolute Gasteiger partial charge is 0.269 e. The summed E-state index contributed by atoms with van der Waals surface area (Å²) in [5, 5.41) is 12.4. The van der Waals surface area contributed by atoms with Gasteiger partial charge in [0.2, 0.25) is 0 Å². The van der Waals surface area contributed by atoms with E-state index >= 15 is 0 Å². The van der Waals surface area contributed by atoms with E-state index in [1.54, 1.807) is 0 Å². The maximum Gasteiger partial charge on any atom is 0.269 e. The molecular weight excluding hydrogens is 184 g/mol. The summed E-state index contributed by atoms with van der Waals surface area (Å²) < 4.78 is 0. The largest absolute Gasteiger partial charge is 0.281 e. The van der Waals surface area contributed by atoms with Crippen molar-refractivity contribution in [1.82, 2.24) is 5.32 Å². The number of hydrogen-bond donors (Lipinski definition) is 1. The first-order valence-electron chi connectivity index (χ1n) is 3.65. The highest BCUT2D eigenvalue weighted by Gasteiger charge is 2.07. The zero-order valence-electron chi connectivity index (χ0n) is 7.06. The average Bonchev–Trinajstić information content (AvgIpc) is 2.18. The minimum atomic E-state index is -0.539. The second-order valence-electron chi connectivity index (χ2n) is 2.40. The van der Waals surface area contributed by atoms with Crippen LogP contribution in [0.5, 0.6) is 0 Å². The van der Waals surface area contributed by atoms with Crippen LogP contribution < -0.4 is 5.32 Å². The minimum absolute atomic E-state index is 0.0674. The summed E-state index contributed by atoms with van der Waals surface area (Å²) in [6, 6.07) is 7.13. The van der Waals surface area contributed by atoms with Gasteiger partial charge >= 0.3 is 0 Å². The molecule has 1 amide bonds. The highest BCUT2D eigenvalue weighted by molar-refractivity contribution is 5.95. The maximum atomic E-state index is 11.1. The molecule has 0 bridgehead atoms. The van der Waals surface area contributed by atoms with E-state index in [2.05, 4.69) is 5.32 Å². The number of nitrogens with zero attached hydrogens (tertiary/aromatic N) is 1. The van der Waals surface area contributed by atoms with E-state index in [4.69, 9.17) is 6.42 Å². The van der Waals surface area contributed by atoms with Gasteiger partial charge in [0.15, 0.2) is 0 Å². The number of carbonyl (C=O) groups is 1. The molecule has 0 saturated heterocycles. The Morgan fingerprint density at radius 1 is 1.43 bits per heavy atom. The van der Waals surface area contributed by atoms with Crippen molar-refractivity contribution in [1.29, 1.82) is 0 Å². The van der Waals surface area contributed by atoms with E-state index in [0.29, 0.717) is 0 Å². The fourth-order valence-corrected chi connectivity index (χ4v) is 0.872. The van der Waals surface area contributed by atoms with Crippen molar-refractivity contribution >= 4 is 11.6 Å². The van der Waals surface area contributed by atoms with E-state index in [9.17, 15) is 14.9 Å². The van der Waals surface area contributed by atoms with Gasteiger partial charge in [0.1, 0.15) is 0 Å². The number of benzene rings is 1. The number of nitro benzene ring substituents is 1. The molecule has 0 aliphatic rings. The first-order chi connectivity index (χ1) is 6.65. The minimum Gasteiger partial charge on any atom is -0.281 e. The molecule has 1 rings (SSSR count).